The second kappa shape index (κ2) is 4.21. The third-order valence-electron chi connectivity index (χ3n) is 0. The Kier molecular flexibility index (Phi) is 9.47. The molecule has 48 valence electrons. The van der Waals surface area contributed by atoms with Crippen LogP contribution in [0.15, 0.2) is 0 Å². The zero-order chi connectivity index (χ0) is 4.50. The van der Waals surface area contributed by atoms with Crippen LogP contribution in [-0.4, -0.2) is 34.0 Å². The van der Waals surface area contributed by atoms with E-state index in [0.717, 1.165) is 0 Å². The van der Waals surface area contributed by atoms with Crippen molar-refractivity contribution in [2.24, 2.45) is 0 Å². The highest BCUT2D eigenvalue weighted by Crippen LogP contribution is 1.59. The number of hydrogen-bond acceptors (Lipinski definition) is 2. The van der Waals surface area contributed by atoms with Gasteiger partial charge in [-0.3, -0.25) is 9.11 Å². The first kappa shape index (κ1) is 15.7. The Balaban J connectivity index is -0.0000000800. The Labute approximate surface area is 45.3 Å². The first-order valence-corrected chi connectivity index (χ1v) is 2.10. The maximum Gasteiger partial charge on any atom is 0.394 e. The minimum absolute atomic E-state index is 0. The molecule has 0 aromatic heterocycles. The Morgan fingerprint density at radius 1 is 1.14 bits per heavy atom. The van der Waals surface area contributed by atoms with Crippen LogP contribution >= 0.6 is 0 Å². The average molecular weight is 148 g/mol. The summed E-state index contributed by atoms with van der Waals surface area (Å²) < 4.78 is 31.6. The van der Waals surface area contributed by atoms with Gasteiger partial charge in [0.2, 0.25) is 0 Å². The topological polar surface area (TPSA) is 106 Å². The lowest BCUT2D eigenvalue weighted by atomic mass is 15.8. The number of rotatable bonds is 0. The maximum absolute atomic E-state index is 8.74. The van der Waals surface area contributed by atoms with Crippen LogP contribution in [0.2, 0.25) is 0 Å². The Morgan fingerprint density at radius 2 is 1.14 bits per heavy atom. The fraction of sp³-hybridized carbons (Fsp3) is 0. The summed E-state index contributed by atoms with van der Waals surface area (Å²) in [5.41, 5.74) is 0. The quantitative estimate of drug-likeness (QED) is 0.283. The molecule has 0 aromatic carbocycles. The van der Waals surface area contributed by atoms with Crippen molar-refractivity contribution in [3.63, 3.8) is 0 Å². The molecule has 0 aliphatic rings. The fourth-order valence-corrected chi connectivity index (χ4v) is 0. The molecule has 0 saturated heterocycles. The van der Waals surface area contributed by atoms with Crippen LogP contribution in [0.25, 0.3) is 0 Å². The third-order valence-corrected chi connectivity index (χ3v) is 0. The second-order valence-corrected chi connectivity index (χ2v) is 1.34. The van der Waals surface area contributed by atoms with Gasteiger partial charge in [0, 0.05) is 0 Å². The summed E-state index contributed by atoms with van der Waals surface area (Å²) in [6.07, 6.45) is 0. The van der Waals surface area contributed by atoms with Gasteiger partial charge in [-0.15, -0.1) is 0 Å². The monoisotopic (exact) mass is 148 g/mol. The van der Waals surface area contributed by atoms with Gasteiger partial charge in [-0.25, -0.2) is 0 Å². The van der Waals surface area contributed by atoms with Crippen molar-refractivity contribution in [2.75, 3.05) is 0 Å². The molecule has 0 unspecified atom stereocenters. The van der Waals surface area contributed by atoms with Gasteiger partial charge in [0.05, 0.1) is 0 Å². The van der Waals surface area contributed by atoms with Gasteiger partial charge in [0.15, 0.2) is 0 Å². The van der Waals surface area contributed by atoms with E-state index < -0.39 is 10.4 Å². The molecule has 0 spiro atoms. The van der Waals surface area contributed by atoms with Crippen LogP contribution in [-0.2, 0) is 10.4 Å². The molecule has 0 bridgehead atoms. The van der Waals surface area contributed by atoms with Crippen LogP contribution in [0.4, 0.5) is 0 Å². The smallest absolute Gasteiger partial charge is 0.394 e. The summed E-state index contributed by atoms with van der Waals surface area (Å²) in [6.45, 7) is 0. The van der Waals surface area contributed by atoms with E-state index in [4.69, 9.17) is 17.5 Å². The molecule has 0 fully saturated rings. The van der Waals surface area contributed by atoms with Gasteiger partial charge in [0.25, 0.3) is 0 Å². The summed E-state index contributed by atoms with van der Waals surface area (Å²) >= 11 is 0. The van der Waals surface area contributed by atoms with Gasteiger partial charge in [0.1, 0.15) is 0 Å². The van der Waals surface area contributed by atoms with Crippen molar-refractivity contribution in [1.29, 1.82) is 0 Å². The van der Waals surface area contributed by atoms with Gasteiger partial charge in [-0.1, -0.05) is 0 Å². The summed E-state index contributed by atoms with van der Waals surface area (Å²) in [6, 6.07) is 0. The van der Waals surface area contributed by atoms with Crippen molar-refractivity contribution < 1.29 is 23.0 Å². The minimum Gasteiger partial charge on any atom is -0.412 e. The molecule has 0 amide bonds. The predicted octanol–water partition coefficient (Wildman–Crippen LogP) is -2.93. The first-order chi connectivity index (χ1) is 2.00. The van der Waals surface area contributed by atoms with Crippen molar-refractivity contribution >= 4 is 21.4 Å². The van der Waals surface area contributed by atoms with Crippen LogP contribution in [0.5, 0.6) is 0 Å². The van der Waals surface area contributed by atoms with E-state index >= 15 is 0 Å². The summed E-state index contributed by atoms with van der Waals surface area (Å²) in [5.74, 6) is 0. The highest BCUT2D eigenvalue weighted by atomic mass is 32.3. The minimum atomic E-state index is -4.67. The Morgan fingerprint density at radius 3 is 1.14 bits per heavy atom. The van der Waals surface area contributed by atoms with Crippen molar-refractivity contribution in [3.05, 3.63) is 0 Å². The molecular formula is H8O5SSi. The normalized spacial score (nSPS) is 8.29. The van der Waals surface area contributed by atoms with Gasteiger partial charge >= 0.3 is 10.4 Å². The predicted molar refractivity (Wildman–Crippen MR) is 29.1 cm³/mol. The summed E-state index contributed by atoms with van der Waals surface area (Å²) in [5, 5.41) is 0. The number of hydrogen-bond donors (Lipinski definition) is 2. The molecule has 0 saturated carbocycles. The van der Waals surface area contributed by atoms with Crippen LogP contribution in [0, 0.1) is 0 Å². The zero-order valence-corrected chi connectivity index (χ0v) is 3.44. The summed E-state index contributed by atoms with van der Waals surface area (Å²) in [7, 11) is -4.67. The van der Waals surface area contributed by atoms with E-state index in [9.17, 15) is 0 Å². The standard InChI is InChI=1S/H2O4S.H2O.H4Si/c1-5(2,3)4;;/h(H2,1,2,3,4);1H2;1H4. The van der Waals surface area contributed by atoms with Crippen LogP contribution < -0.4 is 0 Å². The largest absolute Gasteiger partial charge is 0.412 e. The lowest BCUT2D eigenvalue weighted by molar-refractivity contribution is 0.381. The molecule has 0 aliphatic carbocycles. The van der Waals surface area contributed by atoms with E-state index in [1.807, 2.05) is 0 Å². The third kappa shape index (κ3) is 45100. The molecule has 4 N–H and O–H groups in total. The van der Waals surface area contributed by atoms with Crippen LogP contribution in [0.3, 0.4) is 0 Å². The molecule has 7 heavy (non-hydrogen) atoms. The summed E-state index contributed by atoms with van der Waals surface area (Å²) in [4.78, 5) is 0. The van der Waals surface area contributed by atoms with E-state index in [-0.39, 0.29) is 16.4 Å². The second-order valence-electron chi connectivity index (χ2n) is 0.448. The lowest BCUT2D eigenvalue weighted by Gasteiger charge is -1.68. The fourth-order valence-electron chi connectivity index (χ4n) is 0. The molecule has 5 nitrogen and oxygen atoms in total. The Hall–Kier alpha value is 0.0469. The van der Waals surface area contributed by atoms with Crippen molar-refractivity contribution in [3.8, 4) is 0 Å². The van der Waals surface area contributed by atoms with Gasteiger partial charge in [-0.2, -0.15) is 8.42 Å². The SMILES string of the molecule is O.O=S(=O)(O)O.[SiH4]. The molecule has 0 atom stereocenters. The van der Waals surface area contributed by atoms with Crippen molar-refractivity contribution in [2.45, 2.75) is 0 Å². The lowest BCUT2D eigenvalue weighted by Crippen LogP contribution is -1.89. The molecule has 0 heterocycles. The average Bonchev–Trinajstić information content (AvgIpc) is 0.722. The molecule has 0 radical (unpaired) electrons. The first-order valence-electron chi connectivity index (χ1n) is 0.698. The molecule has 0 aliphatic heterocycles. The van der Waals surface area contributed by atoms with E-state index in [0.29, 0.717) is 0 Å². The highest BCUT2D eigenvalue weighted by Gasteiger charge is 1.84. The van der Waals surface area contributed by atoms with Crippen molar-refractivity contribution in [1.82, 2.24) is 0 Å². The van der Waals surface area contributed by atoms with E-state index in [1.54, 1.807) is 0 Å². The van der Waals surface area contributed by atoms with Gasteiger partial charge in [-0.05, 0) is 11.0 Å². The van der Waals surface area contributed by atoms with Crippen LogP contribution in [0.1, 0.15) is 0 Å². The molecule has 0 aromatic rings. The molecule has 7 heteroatoms. The highest BCUT2D eigenvalue weighted by molar-refractivity contribution is 7.79. The molecule has 0 rings (SSSR count). The zero-order valence-electron chi connectivity index (χ0n) is 2.62. The Bertz CT molecular complexity index is 91.2. The van der Waals surface area contributed by atoms with Gasteiger partial charge < -0.3 is 5.48 Å². The van der Waals surface area contributed by atoms with E-state index in [1.165, 1.54) is 0 Å². The molecular weight excluding hydrogens is 140 g/mol. The maximum atomic E-state index is 8.74. The van der Waals surface area contributed by atoms with E-state index in [2.05, 4.69) is 0 Å².